The van der Waals surface area contributed by atoms with E-state index < -0.39 is 0 Å². The van der Waals surface area contributed by atoms with Gasteiger partial charge in [-0.15, -0.1) is 0 Å². The Hall–Kier alpha value is -5.08. The maximum Gasteiger partial charge on any atom is 0.103 e. The largest absolute Gasteiger partial charge is 0.363 e. The average molecular weight is 569 g/mol. The summed E-state index contributed by atoms with van der Waals surface area (Å²) in [6, 6.07) is 46.8. The van der Waals surface area contributed by atoms with Gasteiger partial charge in [0.1, 0.15) is 6.17 Å². The summed E-state index contributed by atoms with van der Waals surface area (Å²) in [5.41, 5.74) is 11.5. The van der Waals surface area contributed by atoms with Gasteiger partial charge in [-0.3, -0.25) is 0 Å². The molecule has 0 aromatic heterocycles. The van der Waals surface area contributed by atoms with Crippen LogP contribution < -0.4 is 10.2 Å². The van der Waals surface area contributed by atoms with Gasteiger partial charge in [0.25, 0.3) is 0 Å². The highest BCUT2D eigenvalue weighted by atomic mass is 15.3. The van der Waals surface area contributed by atoms with Crippen molar-refractivity contribution in [2.24, 2.45) is 5.92 Å². The van der Waals surface area contributed by atoms with Crippen LogP contribution in [0.5, 0.6) is 0 Å². The summed E-state index contributed by atoms with van der Waals surface area (Å²) in [5, 5.41) is 8.90. The van der Waals surface area contributed by atoms with Crippen LogP contribution in [-0.2, 0) is 0 Å². The van der Waals surface area contributed by atoms with Crippen molar-refractivity contribution in [2.75, 3.05) is 4.90 Å². The molecule has 0 amide bonds. The fourth-order valence-electron chi connectivity index (χ4n) is 7.36. The molecule has 0 bridgehead atoms. The number of fused-ring (bicyclic) bond motifs is 2. The highest BCUT2D eigenvalue weighted by Crippen LogP contribution is 2.45. The first-order valence-corrected chi connectivity index (χ1v) is 15.9. The van der Waals surface area contributed by atoms with Gasteiger partial charge in [-0.25, -0.2) is 0 Å². The zero-order chi connectivity index (χ0) is 29.6. The number of benzene rings is 6. The molecule has 44 heavy (non-hydrogen) atoms. The lowest BCUT2D eigenvalue weighted by molar-refractivity contribution is 0.572. The summed E-state index contributed by atoms with van der Waals surface area (Å²) < 4.78 is 0. The Bertz CT molecular complexity index is 1990. The van der Waals surface area contributed by atoms with Gasteiger partial charge in [0, 0.05) is 17.3 Å². The predicted molar refractivity (Wildman–Crippen MR) is 187 cm³/mol. The van der Waals surface area contributed by atoms with E-state index in [0.717, 1.165) is 12.8 Å². The highest BCUT2D eigenvalue weighted by Gasteiger charge is 2.34. The molecule has 2 unspecified atom stereocenters. The molecule has 2 heteroatoms. The predicted octanol–water partition coefficient (Wildman–Crippen LogP) is 10.9. The highest BCUT2D eigenvalue weighted by molar-refractivity contribution is 6.21. The van der Waals surface area contributed by atoms with Gasteiger partial charge >= 0.3 is 0 Å². The number of rotatable bonds is 5. The maximum atomic E-state index is 3.77. The first-order valence-electron chi connectivity index (χ1n) is 15.9. The van der Waals surface area contributed by atoms with E-state index in [9.17, 15) is 0 Å². The number of hydrogen-bond donors (Lipinski definition) is 1. The van der Waals surface area contributed by atoms with Crippen LogP contribution in [-0.4, -0.2) is 6.17 Å². The molecular formula is C42H36N2. The van der Waals surface area contributed by atoms with E-state index in [1.165, 1.54) is 72.0 Å². The van der Waals surface area contributed by atoms with Gasteiger partial charge in [0.15, 0.2) is 0 Å². The number of nitrogens with one attached hydrogen (secondary N) is 1. The van der Waals surface area contributed by atoms with Crippen molar-refractivity contribution < 1.29 is 0 Å². The Balaban J connectivity index is 1.26. The lowest BCUT2D eigenvalue weighted by Crippen LogP contribution is -2.37. The molecule has 6 aromatic carbocycles. The third-order valence-corrected chi connectivity index (χ3v) is 9.44. The van der Waals surface area contributed by atoms with Crippen molar-refractivity contribution >= 4 is 27.2 Å². The monoisotopic (exact) mass is 568 g/mol. The minimum Gasteiger partial charge on any atom is -0.363 e. The molecule has 2 atom stereocenters. The second-order valence-electron chi connectivity index (χ2n) is 12.1. The van der Waals surface area contributed by atoms with Crippen LogP contribution in [0.2, 0.25) is 0 Å². The summed E-state index contributed by atoms with van der Waals surface area (Å²) in [6.07, 6.45) is 6.98. The molecule has 2 aliphatic rings. The number of anilines is 1. The molecule has 0 spiro atoms. The molecule has 8 rings (SSSR count). The molecule has 6 aromatic rings. The van der Waals surface area contributed by atoms with Crippen LogP contribution in [0.1, 0.15) is 26.7 Å². The molecular weight excluding hydrogens is 532 g/mol. The average Bonchev–Trinajstić information content (AvgIpc) is 3.48. The van der Waals surface area contributed by atoms with Crippen LogP contribution in [0.3, 0.4) is 0 Å². The number of nitrogens with zero attached hydrogens (tertiary/aromatic N) is 1. The van der Waals surface area contributed by atoms with Gasteiger partial charge < -0.3 is 10.2 Å². The van der Waals surface area contributed by atoms with Gasteiger partial charge in [-0.1, -0.05) is 135 Å². The molecule has 1 N–H and O–H groups in total. The Morgan fingerprint density at radius 2 is 1.07 bits per heavy atom. The lowest BCUT2D eigenvalue weighted by Gasteiger charge is -2.31. The van der Waals surface area contributed by atoms with Crippen LogP contribution in [0.25, 0.3) is 54.9 Å². The van der Waals surface area contributed by atoms with Crippen molar-refractivity contribution in [2.45, 2.75) is 32.9 Å². The normalized spacial score (nSPS) is 17.7. The fraction of sp³-hybridized carbons (Fsp3) is 0.143. The molecule has 0 saturated heterocycles. The third-order valence-electron chi connectivity index (χ3n) is 9.44. The van der Waals surface area contributed by atoms with Crippen LogP contribution >= 0.6 is 0 Å². The van der Waals surface area contributed by atoms with Gasteiger partial charge in [0.05, 0.1) is 5.70 Å². The molecule has 214 valence electrons. The zero-order valence-electron chi connectivity index (χ0n) is 25.3. The van der Waals surface area contributed by atoms with Crippen molar-refractivity contribution in [3.05, 3.63) is 151 Å². The third kappa shape index (κ3) is 4.33. The van der Waals surface area contributed by atoms with E-state index in [4.69, 9.17) is 0 Å². The molecule has 1 heterocycles. The van der Waals surface area contributed by atoms with Gasteiger partial charge in [-0.05, 0) is 86.0 Å². The van der Waals surface area contributed by atoms with Crippen molar-refractivity contribution in [1.82, 2.24) is 5.32 Å². The lowest BCUT2D eigenvalue weighted by atomic mass is 9.85. The topological polar surface area (TPSA) is 15.3 Å². The molecule has 1 aliphatic heterocycles. The summed E-state index contributed by atoms with van der Waals surface area (Å²) >= 11 is 0. The minimum atomic E-state index is 0.283. The quantitative estimate of drug-likeness (QED) is 0.208. The van der Waals surface area contributed by atoms with Crippen LogP contribution in [0, 0.1) is 5.92 Å². The van der Waals surface area contributed by atoms with E-state index in [0.29, 0.717) is 5.92 Å². The van der Waals surface area contributed by atoms with Gasteiger partial charge in [0.2, 0.25) is 0 Å². The molecule has 2 nitrogen and oxygen atoms in total. The number of allylic oxidation sites excluding steroid dienone is 3. The summed E-state index contributed by atoms with van der Waals surface area (Å²) in [5.74, 6) is 0.501. The number of hydrogen-bond acceptors (Lipinski definition) is 2. The second-order valence-corrected chi connectivity index (χ2v) is 12.1. The molecule has 1 aliphatic carbocycles. The van der Waals surface area contributed by atoms with Crippen LogP contribution in [0.15, 0.2) is 151 Å². The van der Waals surface area contributed by atoms with E-state index in [-0.39, 0.29) is 6.17 Å². The smallest absolute Gasteiger partial charge is 0.103 e. The molecule has 0 fully saturated rings. The standard InChI is InChI=1S/C42H36N2/c1-3-39-43-38-19-11-12-28(2)42(38)44(39)33-26-24-32(25-27-33)41-36-17-9-7-15-34(36)40(35-16-8-10-18-37(35)41)31-22-20-30(21-23-31)29-13-5-4-6-14-29/h4-11,13-28,39,43H,3,12H2,1-2H3. The van der Waals surface area contributed by atoms with Crippen molar-refractivity contribution in [3.63, 3.8) is 0 Å². The second kappa shape index (κ2) is 10.9. The van der Waals surface area contributed by atoms with Crippen LogP contribution in [0.4, 0.5) is 5.69 Å². The Morgan fingerprint density at radius 1 is 0.591 bits per heavy atom. The van der Waals surface area contributed by atoms with E-state index in [1.54, 1.807) is 0 Å². The van der Waals surface area contributed by atoms with Gasteiger partial charge in [-0.2, -0.15) is 0 Å². The first kappa shape index (κ1) is 26.5. The van der Waals surface area contributed by atoms with Crippen molar-refractivity contribution in [1.29, 1.82) is 0 Å². The maximum absolute atomic E-state index is 3.77. The Kier molecular flexibility index (Phi) is 6.56. The Morgan fingerprint density at radius 3 is 1.61 bits per heavy atom. The molecule has 0 saturated carbocycles. The van der Waals surface area contributed by atoms with E-state index in [2.05, 4.69) is 164 Å². The summed E-state index contributed by atoms with van der Waals surface area (Å²) in [4.78, 5) is 2.53. The summed E-state index contributed by atoms with van der Waals surface area (Å²) in [7, 11) is 0. The van der Waals surface area contributed by atoms with Crippen molar-refractivity contribution in [3.8, 4) is 33.4 Å². The first-order chi connectivity index (χ1) is 21.7. The Labute approximate surface area is 260 Å². The SMILES string of the molecule is CCC1NC2=C(C(C)CC=C2)N1c1ccc(-c2c3ccccc3c(-c3ccc(-c4ccccc4)cc3)c3ccccc23)cc1. The fourth-order valence-corrected chi connectivity index (χ4v) is 7.36. The van der Waals surface area contributed by atoms with E-state index >= 15 is 0 Å². The zero-order valence-corrected chi connectivity index (χ0v) is 25.3. The molecule has 0 radical (unpaired) electrons. The summed E-state index contributed by atoms with van der Waals surface area (Å²) in [6.45, 7) is 4.61. The van der Waals surface area contributed by atoms with E-state index in [1.807, 2.05) is 0 Å². The minimum absolute atomic E-state index is 0.283.